The minimum atomic E-state index is -3.64. The summed E-state index contributed by atoms with van der Waals surface area (Å²) in [6.07, 6.45) is -0.0768. The van der Waals surface area contributed by atoms with Gasteiger partial charge in [0, 0.05) is 6.42 Å². The first-order valence-electron chi connectivity index (χ1n) is 3.09. The monoisotopic (exact) mass is 184 g/mol. The largest absolute Gasteiger partial charge is 0.495 e. The zero-order valence-corrected chi connectivity index (χ0v) is 6.31. The van der Waals surface area contributed by atoms with Crippen LogP contribution in [0.5, 0.6) is 0 Å². The number of hydrogen-bond donors (Lipinski definition) is 1. The summed E-state index contributed by atoms with van der Waals surface area (Å²) < 4.78 is 29.0. The van der Waals surface area contributed by atoms with E-state index in [9.17, 15) is 8.78 Å². The fraction of sp³-hybridized carbons (Fsp3) is 0.667. The van der Waals surface area contributed by atoms with Gasteiger partial charge < -0.3 is 9.84 Å². The molecule has 0 aromatic rings. The summed E-state index contributed by atoms with van der Waals surface area (Å²) in [5, 5.41) is 5.17. The summed E-state index contributed by atoms with van der Waals surface area (Å²) in [7, 11) is 0. The van der Waals surface area contributed by atoms with E-state index in [4.69, 9.17) is 5.11 Å². The second kappa shape index (κ2) is 2.95. The SMILES string of the molecule is OC(C1=CCCO1)C(F)(F)Cl. The molecule has 0 aromatic carbocycles. The molecule has 0 fully saturated rings. The summed E-state index contributed by atoms with van der Waals surface area (Å²) in [6, 6.07) is 0. The van der Waals surface area contributed by atoms with Gasteiger partial charge >= 0.3 is 5.38 Å². The Labute approximate surface area is 67.4 Å². The summed E-state index contributed by atoms with van der Waals surface area (Å²) in [5.74, 6) is -0.134. The molecule has 5 heteroatoms. The molecule has 1 aliphatic rings. The Balaban J connectivity index is 2.60. The van der Waals surface area contributed by atoms with Crippen molar-refractivity contribution in [3.8, 4) is 0 Å². The second-order valence-electron chi connectivity index (χ2n) is 2.19. The van der Waals surface area contributed by atoms with Gasteiger partial charge in [-0.1, -0.05) is 0 Å². The van der Waals surface area contributed by atoms with Gasteiger partial charge in [0.25, 0.3) is 0 Å². The van der Waals surface area contributed by atoms with Crippen molar-refractivity contribution in [1.29, 1.82) is 0 Å². The van der Waals surface area contributed by atoms with Crippen LogP contribution >= 0.6 is 11.6 Å². The molecule has 0 radical (unpaired) electrons. The Morgan fingerprint density at radius 1 is 1.73 bits per heavy atom. The van der Waals surface area contributed by atoms with E-state index < -0.39 is 11.5 Å². The highest BCUT2D eigenvalue weighted by atomic mass is 35.5. The number of rotatable bonds is 2. The van der Waals surface area contributed by atoms with E-state index in [1.54, 1.807) is 0 Å². The Hall–Kier alpha value is -0.350. The molecule has 1 aliphatic heterocycles. The highest BCUT2D eigenvalue weighted by Crippen LogP contribution is 2.30. The van der Waals surface area contributed by atoms with Gasteiger partial charge in [-0.25, -0.2) is 0 Å². The van der Waals surface area contributed by atoms with Gasteiger partial charge in [-0.2, -0.15) is 8.78 Å². The summed E-state index contributed by atoms with van der Waals surface area (Å²) in [5.41, 5.74) is 0. The first-order chi connectivity index (χ1) is 5.02. The number of aliphatic hydroxyl groups excluding tert-OH is 1. The Kier molecular flexibility index (Phi) is 2.34. The van der Waals surface area contributed by atoms with E-state index in [1.165, 1.54) is 6.08 Å². The van der Waals surface area contributed by atoms with Gasteiger partial charge in [-0.05, 0) is 17.7 Å². The van der Waals surface area contributed by atoms with Gasteiger partial charge in [0.15, 0.2) is 6.10 Å². The van der Waals surface area contributed by atoms with Gasteiger partial charge in [0.1, 0.15) is 5.76 Å². The van der Waals surface area contributed by atoms with E-state index in [0.717, 1.165) is 0 Å². The molecule has 1 N–H and O–H groups in total. The molecular formula is C6H7ClF2O2. The predicted octanol–water partition coefficient (Wildman–Crippen LogP) is 1.48. The van der Waals surface area contributed by atoms with E-state index in [2.05, 4.69) is 16.3 Å². The van der Waals surface area contributed by atoms with Crippen LogP contribution in [-0.2, 0) is 4.74 Å². The maximum absolute atomic E-state index is 12.2. The van der Waals surface area contributed by atoms with Gasteiger partial charge in [0.2, 0.25) is 0 Å². The minimum absolute atomic E-state index is 0.134. The Morgan fingerprint density at radius 3 is 2.73 bits per heavy atom. The summed E-state index contributed by atoms with van der Waals surface area (Å²) >= 11 is 4.56. The second-order valence-corrected chi connectivity index (χ2v) is 2.69. The van der Waals surface area contributed by atoms with Crippen molar-refractivity contribution >= 4 is 11.6 Å². The maximum Gasteiger partial charge on any atom is 0.354 e. The molecule has 0 spiro atoms. The zero-order valence-electron chi connectivity index (χ0n) is 5.56. The molecule has 0 saturated carbocycles. The topological polar surface area (TPSA) is 29.5 Å². The molecule has 0 amide bonds. The van der Waals surface area contributed by atoms with Crippen molar-refractivity contribution in [2.45, 2.75) is 17.9 Å². The third-order valence-electron chi connectivity index (χ3n) is 1.31. The van der Waals surface area contributed by atoms with Crippen LogP contribution < -0.4 is 0 Å². The molecule has 2 nitrogen and oxygen atoms in total. The van der Waals surface area contributed by atoms with Gasteiger partial charge in [0.05, 0.1) is 6.61 Å². The van der Waals surface area contributed by atoms with E-state index >= 15 is 0 Å². The predicted molar refractivity (Wildman–Crippen MR) is 35.5 cm³/mol. The first kappa shape index (κ1) is 8.74. The molecule has 1 rings (SSSR count). The standard InChI is InChI=1S/C6H7ClF2O2/c7-6(8,9)5(10)4-2-1-3-11-4/h2,5,10H,1,3H2. The number of hydrogen-bond acceptors (Lipinski definition) is 2. The number of aliphatic hydroxyl groups is 1. The van der Waals surface area contributed by atoms with Crippen LogP contribution in [0.3, 0.4) is 0 Å². The lowest BCUT2D eigenvalue weighted by Crippen LogP contribution is -2.29. The van der Waals surface area contributed by atoms with Crippen molar-refractivity contribution in [2.75, 3.05) is 6.61 Å². The molecular weight excluding hydrogens is 178 g/mol. The molecule has 1 unspecified atom stereocenters. The third-order valence-corrected chi connectivity index (χ3v) is 1.52. The van der Waals surface area contributed by atoms with Crippen molar-refractivity contribution < 1.29 is 18.6 Å². The minimum Gasteiger partial charge on any atom is -0.495 e. The van der Waals surface area contributed by atoms with Crippen LogP contribution in [0.15, 0.2) is 11.8 Å². The number of halogens is 3. The fourth-order valence-corrected chi connectivity index (χ4v) is 0.896. The highest BCUT2D eigenvalue weighted by molar-refractivity contribution is 6.22. The van der Waals surface area contributed by atoms with Crippen molar-refractivity contribution in [3.63, 3.8) is 0 Å². The lowest BCUT2D eigenvalue weighted by Gasteiger charge is -2.16. The summed E-state index contributed by atoms with van der Waals surface area (Å²) in [6.45, 7) is 0.333. The maximum atomic E-state index is 12.2. The average molecular weight is 185 g/mol. The van der Waals surface area contributed by atoms with Crippen LogP contribution in [-0.4, -0.2) is 23.2 Å². The fourth-order valence-electron chi connectivity index (χ4n) is 0.789. The molecule has 11 heavy (non-hydrogen) atoms. The lowest BCUT2D eigenvalue weighted by molar-refractivity contribution is -0.0444. The Morgan fingerprint density at radius 2 is 2.36 bits per heavy atom. The lowest BCUT2D eigenvalue weighted by atomic mass is 10.3. The quantitative estimate of drug-likeness (QED) is 0.659. The third kappa shape index (κ3) is 2.04. The van der Waals surface area contributed by atoms with E-state index in [1.807, 2.05) is 0 Å². The average Bonchev–Trinajstić information content (AvgIpc) is 2.34. The van der Waals surface area contributed by atoms with Gasteiger partial charge in [-0.3, -0.25) is 0 Å². The molecule has 0 aliphatic carbocycles. The van der Waals surface area contributed by atoms with Crippen LogP contribution in [0.4, 0.5) is 8.78 Å². The molecule has 0 aromatic heterocycles. The first-order valence-corrected chi connectivity index (χ1v) is 3.47. The molecule has 64 valence electrons. The van der Waals surface area contributed by atoms with Crippen molar-refractivity contribution in [2.24, 2.45) is 0 Å². The smallest absolute Gasteiger partial charge is 0.354 e. The van der Waals surface area contributed by atoms with Crippen LogP contribution in [0, 0.1) is 0 Å². The van der Waals surface area contributed by atoms with Crippen molar-refractivity contribution in [1.82, 2.24) is 0 Å². The molecule has 0 saturated heterocycles. The number of alkyl halides is 3. The van der Waals surface area contributed by atoms with E-state index in [0.29, 0.717) is 13.0 Å². The molecule has 0 bridgehead atoms. The molecule has 1 heterocycles. The van der Waals surface area contributed by atoms with Crippen LogP contribution in [0.25, 0.3) is 0 Å². The normalized spacial score (nSPS) is 20.9. The number of ether oxygens (including phenoxy) is 1. The Bertz CT molecular complexity index is 176. The summed E-state index contributed by atoms with van der Waals surface area (Å²) in [4.78, 5) is 0. The molecule has 1 atom stereocenters. The highest BCUT2D eigenvalue weighted by Gasteiger charge is 2.40. The van der Waals surface area contributed by atoms with Crippen LogP contribution in [0.2, 0.25) is 0 Å². The van der Waals surface area contributed by atoms with E-state index in [-0.39, 0.29) is 5.76 Å². The zero-order chi connectivity index (χ0) is 8.48. The van der Waals surface area contributed by atoms with Crippen molar-refractivity contribution in [3.05, 3.63) is 11.8 Å². The van der Waals surface area contributed by atoms with Crippen LogP contribution in [0.1, 0.15) is 6.42 Å². The van der Waals surface area contributed by atoms with Gasteiger partial charge in [-0.15, -0.1) is 0 Å².